The van der Waals surface area contributed by atoms with Crippen molar-refractivity contribution in [2.45, 2.75) is 24.2 Å². The molecule has 0 spiro atoms. The summed E-state index contributed by atoms with van der Waals surface area (Å²) in [5.74, 6) is 0.146. The van der Waals surface area contributed by atoms with Gasteiger partial charge in [0.1, 0.15) is 6.07 Å². The minimum Gasteiger partial charge on any atom is -0.264 e. The van der Waals surface area contributed by atoms with Gasteiger partial charge in [-0.05, 0) is 42.7 Å². The predicted octanol–water partition coefficient (Wildman–Crippen LogP) is 2.44. The third-order valence-corrected chi connectivity index (χ3v) is 6.22. The third kappa shape index (κ3) is 2.85. The van der Waals surface area contributed by atoms with Gasteiger partial charge in [0.15, 0.2) is 0 Å². The molecule has 1 atom stereocenters. The molecule has 0 radical (unpaired) electrons. The first-order chi connectivity index (χ1) is 11.0. The van der Waals surface area contributed by atoms with Crippen molar-refractivity contribution in [2.75, 3.05) is 13.1 Å². The summed E-state index contributed by atoms with van der Waals surface area (Å²) in [6.45, 7) is 2.90. The van der Waals surface area contributed by atoms with E-state index in [2.05, 4.69) is 4.98 Å². The number of aromatic nitrogens is 1. The third-order valence-electron chi connectivity index (χ3n) is 4.30. The highest BCUT2D eigenvalue weighted by atomic mass is 32.2. The topological polar surface area (TPSA) is 74.1 Å². The Morgan fingerprint density at radius 1 is 1.30 bits per heavy atom. The van der Waals surface area contributed by atoms with Crippen molar-refractivity contribution >= 4 is 10.0 Å². The van der Waals surface area contributed by atoms with Crippen LogP contribution in [0.1, 0.15) is 29.0 Å². The lowest BCUT2D eigenvalue weighted by molar-refractivity contribution is 0.472. The number of benzene rings is 1. The molecular formula is C17H17N3O2S. The molecule has 0 amide bonds. The summed E-state index contributed by atoms with van der Waals surface area (Å²) in [7, 11) is -3.64. The molecule has 1 aromatic carbocycles. The van der Waals surface area contributed by atoms with E-state index in [0.717, 1.165) is 17.5 Å². The van der Waals surface area contributed by atoms with Gasteiger partial charge in [0.05, 0.1) is 10.5 Å². The molecule has 118 valence electrons. The highest BCUT2D eigenvalue weighted by molar-refractivity contribution is 7.89. The second-order valence-corrected chi connectivity index (χ2v) is 7.60. The molecule has 1 fully saturated rings. The summed E-state index contributed by atoms with van der Waals surface area (Å²) in [6, 6.07) is 10.2. The first kappa shape index (κ1) is 15.7. The SMILES string of the molecule is Cc1ccncc1C1CCN(S(=O)(=O)c2ccccc2C#N)C1. The monoisotopic (exact) mass is 327 g/mol. The Bertz CT molecular complexity index is 871. The lowest BCUT2D eigenvalue weighted by Gasteiger charge is -2.18. The average Bonchev–Trinajstić information content (AvgIpc) is 3.06. The number of rotatable bonds is 3. The van der Waals surface area contributed by atoms with Crippen molar-refractivity contribution in [3.8, 4) is 6.07 Å². The van der Waals surface area contributed by atoms with Gasteiger partial charge >= 0.3 is 0 Å². The summed E-state index contributed by atoms with van der Waals surface area (Å²) >= 11 is 0. The molecule has 0 saturated carbocycles. The van der Waals surface area contributed by atoms with Crippen LogP contribution in [0, 0.1) is 18.3 Å². The van der Waals surface area contributed by atoms with Gasteiger partial charge in [-0.1, -0.05) is 12.1 Å². The molecule has 1 aromatic heterocycles. The molecule has 2 heterocycles. The van der Waals surface area contributed by atoms with Crippen LogP contribution in [-0.4, -0.2) is 30.8 Å². The average molecular weight is 327 g/mol. The molecule has 5 nitrogen and oxygen atoms in total. The van der Waals surface area contributed by atoms with Crippen LogP contribution in [-0.2, 0) is 10.0 Å². The maximum atomic E-state index is 12.8. The standard InChI is InChI=1S/C17H17N3O2S/c1-13-6-8-19-11-16(13)15-7-9-20(12-15)23(21,22)17-5-3-2-4-14(17)10-18/h2-6,8,11,15H,7,9,12H2,1H3. The fraction of sp³-hybridized carbons (Fsp3) is 0.294. The van der Waals surface area contributed by atoms with E-state index in [1.165, 1.54) is 16.4 Å². The van der Waals surface area contributed by atoms with Gasteiger partial charge < -0.3 is 0 Å². The maximum absolute atomic E-state index is 12.8. The number of aryl methyl sites for hydroxylation is 1. The Morgan fingerprint density at radius 3 is 2.83 bits per heavy atom. The van der Waals surface area contributed by atoms with Gasteiger partial charge in [-0.3, -0.25) is 4.98 Å². The number of nitriles is 1. The van der Waals surface area contributed by atoms with Crippen molar-refractivity contribution in [1.29, 1.82) is 5.26 Å². The first-order valence-corrected chi connectivity index (χ1v) is 8.88. The van der Waals surface area contributed by atoms with E-state index in [0.29, 0.717) is 13.1 Å². The van der Waals surface area contributed by atoms with Crippen molar-refractivity contribution in [1.82, 2.24) is 9.29 Å². The molecular weight excluding hydrogens is 310 g/mol. The molecule has 0 bridgehead atoms. The number of hydrogen-bond acceptors (Lipinski definition) is 4. The molecule has 1 unspecified atom stereocenters. The summed E-state index contributed by atoms with van der Waals surface area (Å²) in [4.78, 5) is 4.24. The Kier molecular flexibility index (Phi) is 4.16. The van der Waals surface area contributed by atoms with Crippen LogP contribution in [0.15, 0.2) is 47.6 Å². The van der Waals surface area contributed by atoms with Gasteiger partial charge in [0, 0.05) is 31.4 Å². The van der Waals surface area contributed by atoms with Crippen molar-refractivity contribution in [3.63, 3.8) is 0 Å². The van der Waals surface area contributed by atoms with E-state index in [1.54, 1.807) is 18.3 Å². The molecule has 1 aliphatic heterocycles. The van der Waals surface area contributed by atoms with Crippen molar-refractivity contribution in [2.24, 2.45) is 0 Å². The largest absolute Gasteiger partial charge is 0.264 e. The smallest absolute Gasteiger partial charge is 0.244 e. The number of pyridine rings is 1. The van der Waals surface area contributed by atoms with Gasteiger partial charge in [0.25, 0.3) is 0 Å². The lowest BCUT2D eigenvalue weighted by atomic mass is 9.96. The van der Waals surface area contributed by atoms with Crippen LogP contribution < -0.4 is 0 Å². The fourth-order valence-electron chi connectivity index (χ4n) is 3.03. The van der Waals surface area contributed by atoms with E-state index < -0.39 is 10.0 Å². The van der Waals surface area contributed by atoms with Gasteiger partial charge in [0.2, 0.25) is 10.0 Å². The fourth-order valence-corrected chi connectivity index (χ4v) is 4.67. The molecule has 6 heteroatoms. The molecule has 0 aliphatic carbocycles. The number of sulfonamides is 1. The minimum atomic E-state index is -3.64. The highest BCUT2D eigenvalue weighted by Gasteiger charge is 2.34. The maximum Gasteiger partial charge on any atom is 0.244 e. The van der Waals surface area contributed by atoms with Crippen LogP contribution in [0.4, 0.5) is 0 Å². The van der Waals surface area contributed by atoms with Crippen LogP contribution >= 0.6 is 0 Å². The summed E-state index contributed by atoms with van der Waals surface area (Å²) < 4.78 is 27.1. The second kappa shape index (κ2) is 6.11. The van der Waals surface area contributed by atoms with Crippen LogP contribution in [0.25, 0.3) is 0 Å². The quantitative estimate of drug-likeness (QED) is 0.868. The van der Waals surface area contributed by atoms with Gasteiger partial charge in [-0.15, -0.1) is 0 Å². The highest BCUT2D eigenvalue weighted by Crippen LogP contribution is 2.32. The van der Waals surface area contributed by atoms with Crippen molar-refractivity contribution in [3.05, 3.63) is 59.4 Å². The molecule has 3 rings (SSSR count). The Morgan fingerprint density at radius 2 is 2.09 bits per heavy atom. The van der Waals surface area contributed by atoms with E-state index >= 15 is 0 Å². The zero-order chi connectivity index (χ0) is 16.4. The molecule has 1 aliphatic rings. The van der Waals surface area contributed by atoms with Crippen LogP contribution in [0.2, 0.25) is 0 Å². The summed E-state index contributed by atoms with van der Waals surface area (Å²) in [6.07, 6.45) is 4.32. The molecule has 0 N–H and O–H groups in total. The van der Waals surface area contributed by atoms with E-state index in [9.17, 15) is 8.42 Å². The van der Waals surface area contributed by atoms with Gasteiger partial charge in [-0.2, -0.15) is 9.57 Å². The molecule has 2 aromatic rings. The van der Waals surface area contributed by atoms with Crippen molar-refractivity contribution < 1.29 is 8.42 Å². The zero-order valence-corrected chi connectivity index (χ0v) is 13.6. The minimum absolute atomic E-state index is 0.0889. The van der Waals surface area contributed by atoms with Crippen LogP contribution in [0.5, 0.6) is 0 Å². The Labute approximate surface area is 136 Å². The van der Waals surface area contributed by atoms with Gasteiger partial charge in [-0.25, -0.2) is 8.42 Å². The lowest BCUT2D eigenvalue weighted by Crippen LogP contribution is -2.29. The molecule has 1 saturated heterocycles. The zero-order valence-electron chi connectivity index (χ0n) is 12.8. The predicted molar refractivity (Wildman–Crippen MR) is 86.2 cm³/mol. The summed E-state index contributed by atoms with van der Waals surface area (Å²) in [5, 5.41) is 9.15. The first-order valence-electron chi connectivity index (χ1n) is 7.44. The van der Waals surface area contributed by atoms with E-state index in [4.69, 9.17) is 5.26 Å². The molecule has 23 heavy (non-hydrogen) atoms. The van der Waals surface area contributed by atoms with E-state index in [1.807, 2.05) is 25.3 Å². The number of hydrogen-bond donors (Lipinski definition) is 0. The summed E-state index contributed by atoms with van der Waals surface area (Å²) in [5.41, 5.74) is 2.41. The number of nitrogens with zero attached hydrogens (tertiary/aromatic N) is 3. The second-order valence-electron chi connectivity index (χ2n) is 5.69. The Hall–Kier alpha value is -2.23. The van der Waals surface area contributed by atoms with Crippen LogP contribution in [0.3, 0.4) is 0 Å². The normalized spacial score (nSPS) is 18.7. The Balaban J connectivity index is 1.89. The van der Waals surface area contributed by atoms with E-state index in [-0.39, 0.29) is 16.4 Å².